The monoisotopic (exact) mass is 260 g/mol. The number of amides is 1. The van der Waals surface area contributed by atoms with E-state index in [0.717, 1.165) is 0 Å². The minimum Gasteiger partial charge on any atom is -0.484 e. The number of aromatic nitrogens is 1. The van der Waals surface area contributed by atoms with Gasteiger partial charge in [-0.3, -0.25) is 9.59 Å². The van der Waals surface area contributed by atoms with Crippen LogP contribution in [0.15, 0.2) is 41.1 Å². The molecule has 19 heavy (non-hydrogen) atoms. The second kappa shape index (κ2) is 5.81. The van der Waals surface area contributed by atoms with Crippen molar-refractivity contribution in [2.75, 3.05) is 11.9 Å². The predicted octanol–water partition coefficient (Wildman–Crippen LogP) is 1.89. The summed E-state index contributed by atoms with van der Waals surface area (Å²) in [5.74, 6) is 0.487. The second-order valence-electron chi connectivity index (χ2n) is 3.80. The van der Waals surface area contributed by atoms with E-state index in [1.807, 2.05) is 0 Å². The Morgan fingerprint density at radius 3 is 2.58 bits per heavy atom. The molecule has 2 aromatic rings. The van der Waals surface area contributed by atoms with Crippen LogP contribution in [0, 0.1) is 0 Å². The van der Waals surface area contributed by atoms with Crippen LogP contribution >= 0.6 is 0 Å². The lowest BCUT2D eigenvalue weighted by atomic mass is 10.1. The van der Waals surface area contributed by atoms with Crippen molar-refractivity contribution in [1.82, 2.24) is 5.16 Å². The summed E-state index contributed by atoms with van der Waals surface area (Å²) >= 11 is 0. The van der Waals surface area contributed by atoms with Gasteiger partial charge in [-0.2, -0.15) is 0 Å². The number of ketones is 1. The standard InChI is InChI=1S/C13H12N2O4/c1-9(16)10-2-4-11(5-3-10)18-8-13(17)14-12-6-7-19-15-12/h2-7H,8H2,1H3,(H,14,15,17). The lowest BCUT2D eigenvalue weighted by molar-refractivity contribution is -0.118. The molecule has 6 nitrogen and oxygen atoms in total. The molecular weight excluding hydrogens is 248 g/mol. The lowest BCUT2D eigenvalue weighted by Crippen LogP contribution is -2.20. The normalized spacial score (nSPS) is 9.95. The molecule has 0 fully saturated rings. The van der Waals surface area contributed by atoms with Crippen LogP contribution in [0.2, 0.25) is 0 Å². The number of anilines is 1. The molecule has 0 saturated carbocycles. The molecular formula is C13H12N2O4. The number of nitrogens with one attached hydrogen (secondary N) is 1. The van der Waals surface area contributed by atoms with E-state index < -0.39 is 0 Å². The third kappa shape index (κ3) is 3.67. The number of benzene rings is 1. The summed E-state index contributed by atoms with van der Waals surface area (Å²) in [6.45, 7) is 1.34. The molecule has 1 amide bonds. The molecule has 0 saturated heterocycles. The van der Waals surface area contributed by atoms with E-state index in [0.29, 0.717) is 17.1 Å². The van der Waals surface area contributed by atoms with Crippen LogP contribution in [0.25, 0.3) is 0 Å². The SMILES string of the molecule is CC(=O)c1ccc(OCC(=O)Nc2ccon2)cc1. The highest BCUT2D eigenvalue weighted by molar-refractivity contribution is 5.94. The van der Waals surface area contributed by atoms with Crippen molar-refractivity contribution in [2.24, 2.45) is 0 Å². The molecule has 0 aliphatic heterocycles. The fourth-order valence-corrected chi connectivity index (χ4v) is 1.39. The van der Waals surface area contributed by atoms with Gasteiger partial charge in [0.25, 0.3) is 5.91 Å². The van der Waals surface area contributed by atoms with Crippen molar-refractivity contribution in [3.05, 3.63) is 42.2 Å². The zero-order valence-corrected chi connectivity index (χ0v) is 10.3. The number of hydrogen-bond acceptors (Lipinski definition) is 5. The highest BCUT2D eigenvalue weighted by Crippen LogP contribution is 2.12. The van der Waals surface area contributed by atoms with Crippen LogP contribution in [0.3, 0.4) is 0 Å². The number of hydrogen-bond donors (Lipinski definition) is 1. The van der Waals surface area contributed by atoms with Crippen molar-refractivity contribution in [3.8, 4) is 5.75 Å². The van der Waals surface area contributed by atoms with E-state index in [1.54, 1.807) is 24.3 Å². The van der Waals surface area contributed by atoms with Crippen LogP contribution in [0.1, 0.15) is 17.3 Å². The van der Waals surface area contributed by atoms with Gasteiger partial charge in [0.1, 0.15) is 12.0 Å². The zero-order valence-electron chi connectivity index (χ0n) is 10.3. The Bertz CT molecular complexity index is 561. The summed E-state index contributed by atoms with van der Waals surface area (Å²) in [6, 6.07) is 8.10. The second-order valence-corrected chi connectivity index (χ2v) is 3.80. The number of Topliss-reactive ketones (excluding diaryl/α,β-unsaturated/α-hetero) is 1. The first-order valence-electron chi connectivity index (χ1n) is 5.59. The highest BCUT2D eigenvalue weighted by Gasteiger charge is 2.06. The van der Waals surface area contributed by atoms with E-state index in [2.05, 4.69) is 15.0 Å². The summed E-state index contributed by atoms with van der Waals surface area (Å²) in [6.07, 6.45) is 1.36. The molecule has 6 heteroatoms. The first-order valence-corrected chi connectivity index (χ1v) is 5.59. The molecule has 0 unspecified atom stereocenters. The number of ether oxygens (including phenoxy) is 1. The highest BCUT2D eigenvalue weighted by atomic mass is 16.5. The average Bonchev–Trinajstić information content (AvgIpc) is 2.89. The molecule has 1 N–H and O–H groups in total. The van der Waals surface area contributed by atoms with Crippen LogP contribution in [-0.4, -0.2) is 23.5 Å². The minimum atomic E-state index is -0.343. The van der Waals surface area contributed by atoms with Crippen molar-refractivity contribution in [3.63, 3.8) is 0 Å². The lowest BCUT2D eigenvalue weighted by Gasteiger charge is -2.06. The van der Waals surface area contributed by atoms with Gasteiger partial charge in [0, 0.05) is 11.6 Å². The molecule has 0 radical (unpaired) electrons. The summed E-state index contributed by atoms with van der Waals surface area (Å²) in [5, 5.41) is 6.04. The molecule has 1 heterocycles. The number of carbonyl (C=O) groups is 2. The van der Waals surface area contributed by atoms with Gasteiger partial charge in [-0.15, -0.1) is 0 Å². The van der Waals surface area contributed by atoms with Crippen LogP contribution in [-0.2, 0) is 4.79 Å². The smallest absolute Gasteiger partial charge is 0.263 e. The Labute approximate surface area is 109 Å². The first kappa shape index (κ1) is 12.8. The molecule has 98 valence electrons. The van der Waals surface area contributed by atoms with Gasteiger partial charge in [-0.05, 0) is 31.2 Å². The Balaban J connectivity index is 1.84. The molecule has 0 aliphatic rings. The maximum Gasteiger partial charge on any atom is 0.263 e. The van der Waals surface area contributed by atoms with E-state index >= 15 is 0 Å². The molecule has 2 rings (SSSR count). The van der Waals surface area contributed by atoms with Crippen LogP contribution in [0.5, 0.6) is 5.75 Å². The quantitative estimate of drug-likeness (QED) is 0.830. The van der Waals surface area contributed by atoms with Gasteiger partial charge < -0.3 is 14.6 Å². The summed E-state index contributed by atoms with van der Waals surface area (Å²) in [4.78, 5) is 22.6. The van der Waals surface area contributed by atoms with E-state index in [4.69, 9.17) is 4.74 Å². The third-order valence-corrected chi connectivity index (χ3v) is 2.34. The van der Waals surface area contributed by atoms with E-state index in [1.165, 1.54) is 19.3 Å². The maximum absolute atomic E-state index is 11.5. The average molecular weight is 260 g/mol. The molecule has 1 aromatic carbocycles. The molecule has 1 aromatic heterocycles. The van der Waals surface area contributed by atoms with Crippen LogP contribution < -0.4 is 10.1 Å². The minimum absolute atomic E-state index is 0.0182. The van der Waals surface area contributed by atoms with E-state index in [-0.39, 0.29) is 18.3 Å². The fourth-order valence-electron chi connectivity index (χ4n) is 1.39. The third-order valence-electron chi connectivity index (χ3n) is 2.34. The Hall–Kier alpha value is -2.63. The largest absolute Gasteiger partial charge is 0.484 e. The molecule has 0 atom stereocenters. The first-order chi connectivity index (χ1) is 9.15. The number of nitrogens with zero attached hydrogens (tertiary/aromatic N) is 1. The summed E-state index contributed by atoms with van der Waals surface area (Å²) < 4.78 is 9.85. The summed E-state index contributed by atoms with van der Waals surface area (Å²) in [7, 11) is 0. The van der Waals surface area contributed by atoms with Gasteiger partial charge >= 0.3 is 0 Å². The summed E-state index contributed by atoms with van der Waals surface area (Å²) in [5.41, 5.74) is 0.597. The topological polar surface area (TPSA) is 81.4 Å². The van der Waals surface area contributed by atoms with Gasteiger partial charge in [0.05, 0.1) is 0 Å². The molecule has 0 aliphatic carbocycles. The van der Waals surface area contributed by atoms with Crippen molar-refractivity contribution in [1.29, 1.82) is 0 Å². The van der Waals surface area contributed by atoms with Gasteiger partial charge in [0.2, 0.25) is 0 Å². The van der Waals surface area contributed by atoms with Crippen molar-refractivity contribution >= 4 is 17.5 Å². The maximum atomic E-state index is 11.5. The fraction of sp³-hybridized carbons (Fsp3) is 0.154. The van der Waals surface area contributed by atoms with Gasteiger partial charge in [0.15, 0.2) is 18.2 Å². The molecule has 0 spiro atoms. The predicted molar refractivity (Wildman–Crippen MR) is 67.1 cm³/mol. The number of carbonyl (C=O) groups excluding carboxylic acids is 2. The van der Waals surface area contributed by atoms with Gasteiger partial charge in [-0.25, -0.2) is 0 Å². The molecule has 0 bridgehead atoms. The Kier molecular flexibility index (Phi) is 3.92. The van der Waals surface area contributed by atoms with Gasteiger partial charge in [-0.1, -0.05) is 5.16 Å². The number of rotatable bonds is 5. The van der Waals surface area contributed by atoms with Crippen molar-refractivity contribution in [2.45, 2.75) is 6.92 Å². The van der Waals surface area contributed by atoms with Crippen LogP contribution in [0.4, 0.5) is 5.82 Å². The zero-order chi connectivity index (χ0) is 13.7. The Morgan fingerprint density at radius 2 is 2.00 bits per heavy atom. The van der Waals surface area contributed by atoms with E-state index in [9.17, 15) is 9.59 Å². The Morgan fingerprint density at radius 1 is 1.26 bits per heavy atom. The van der Waals surface area contributed by atoms with Crippen molar-refractivity contribution < 1.29 is 18.8 Å².